The number of unbranched alkanes of at least 4 members (excludes halogenated alkanes) is 1. The van der Waals surface area contributed by atoms with Crippen molar-refractivity contribution >= 4 is 17.5 Å². The number of carbonyl (C=O) groups is 2. The Kier molecular flexibility index (Phi) is 6.52. The van der Waals surface area contributed by atoms with E-state index in [0.717, 1.165) is 12.8 Å². The van der Waals surface area contributed by atoms with Gasteiger partial charge in [-0.05, 0) is 30.7 Å². The summed E-state index contributed by atoms with van der Waals surface area (Å²) < 4.78 is 5.12. The first kappa shape index (κ1) is 16.0. The maximum atomic E-state index is 11.8. The van der Waals surface area contributed by atoms with Gasteiger partial charge in [0, 0.05) is 5.69 Å². The molecular formula is C14H21N3O3. The third-order valence-corrected chi connectivity index (χ3v) is 2.71. The number of carbonyl (C=O) groups excluding carboxylic acids is 2. The molecule has 1 rings (SSSR count). The number of amides is 2. The van der Waals surface area contributed by atoms with Crippen LogP contribution in [0.5, 0.6) is 5.75 Å². The van der Waals surface area contributed by atoms with Gasteiger partial charge in [-0.2, -0.15) is 0 Å². The third-order valence-electron chi connectivity index (χ3n) is 2.71. The summed E-state index contributed by atoms with van der Waals surface area (Å²) in [5.41, 5.74) is 11.4. The highest BCUT2D eigenvalue weighted by Gasteiger charge is 2.12. The molecule has 5 N–H and O–H groups in total. The number of nitrogens with one attached hydrogen (secondary N) is 1. The summed E-state index contributed by atoms with van der Waals surface area (Å²) in [6.07, 6.45) is 2.60. The van der Waals surface area contributed by atoms with Gasteiger partial charge in [-0.15, -0.1) is 0 Å². The zero-order valence-corrected chi connectivity index (χ0v) is 11.6. The molecule has 0 heterocycles. The van der Waals surface area contributed by atoms with Gasteiger partial charge in [0.05, 0.1) is 6.04 Å². The second-order valence-corrected chi connectivity index (χ2v) is 4.52. The molecule has 0 bridgehead atoms. The first-order chi connectivity index (χ1) is 9.52. The van der Waals surface area contributed by atoms with Crippen molar-refractivity contribution < 1.29 is 14.3 Å². The smallest absolute Gasteiger partial charge is 0.255 e. The van der Waals surface area contributed by atoms with Crippen LogP contribution in [-0.2, 0) is 9.59 Å². The van der Waals surface area contributed by atoms with Crippen molar-refractivity contribution in [3.8, 4) is 5.75 Å². The van der Waals surface area contributed by atoms with Crippen molar-refractivity contribution in [1.29, 1.82) is 0 Å². The number of nitrogens with two attached hydrogens (primary N) is 2. The Bertz CT molecular complexity index is 445. The molecule has 0 aliphatic carbocycles. The molecule has 110 valence electrons. The summed E-state index contributed by atoms with van der Waals surface area (Å²) in [5, 5.41) is 2.73. The van der Waals surface area contributed by atoms with Crippen LogP contribution in [0.4, 0.5) is 5.69 Å². The lowest BCUT2D eigenvalue weighted by Gasteiger charge is -2.12. The van der Waals surface area contributed by atoms with Crippen molar-refractivity contribution in [2.24, 2.45) is 11.5 Å². The Morgan fingerprint density at radius 2 is 1.95 bits per heavy atom. The quantitative estimate of drug-likeness (QED) is 0.660. The maximum Gasteiger partial charge on any atom is 0.255 e. The van der Waals surface area contributed by atoms with Crippen molar-refractivity contribution in [2.45, 2.75) is 32.2 Å². The molecule has 6 nitrogen and oxygen atoms in total. The molecule has 1 aromatic carbocycles. The number of hydrogen-bond acceptors (Lipinski definition) is 4. The van der Waals surface area contributed by atoms with Crippen LogP contribution in [0, 0.1) is 0 Å². The lowest BCUT2D eigenvalue weighted by molar-refractivity contribution is -0.120. The van der Waals surface area contributed by atoms with Crippen LogP contribution in [0.2, 0.25) is 0 Å². The molecule has 0 aromatic heterocycles. The number of anilines is 1. The van der Waals surface area contributed by atoms with Crippen molar-refractivity contribution in [3.63, 3.8) is 0 Å². The molecule has 0 spiro atoms. The van der Waals surface area contributed by atoms with Crippen LogP contribution in [0.1, 0.15) is 26.2 Å². The summed E-state index contributed by atoms with van der Waals surface area (Å²) in [7, 11) is 0. The van der Waals surface area contributed by atoms with Crippen LogP contribution < -0.4 is 21.5 Å². The van der Waals surface area contributed by atoms with E-state index in [1.54, 1.807) is 24.3 Å². The molecule has 1 atom stereocenters. The highest BCUT2D eigenvalue weighted by molar-refractivity contribution is 5.94. The van der Waals surface area contributed by atoms with Gasteiger partial charge in [0.25, 0.3) is 5.91 Å². The van der Waals surface area contributed by atoms with Crippen LogP contribution in [-0.4, -0.2) is 24.5 Å². The molecule has 0 aliphatic rings. The van der Waals surface area contributed by atoms with E-state index in [-0.39, 0.29) is 12.5 Å². The van der Waals surface area contributed by atoms with Gasteiger partial charge in [0.15, 0.2) is 6.61 Å². The molecule has 0 radical (unpaired) electrons. The fourth-order valence-corrected chi connectivity index (χ4v) is 1.58. The van der Waals surface area contributed by atoms with Crippen molar-refractivity contribution in [3.05, 3.63) is 24.3 Å². The molecule has 2 amide bonds. The Hall–Kier alpha value is -2.08. The predicted molar refractivity (Wildman–Crippen MR) is 77.3 cm³/mol. The number of hydrogen-bond donors (Lipinski definition) is 3. The van der Waals surface area contributed by atoms with Crippen LogP contribution in [0.25, 0.3) is 0 Å². The van der Waals surface area contributed by atoms with E-state index in [9.17, 15) is 9.59 Å². The van der Waals surface area contributed by atoms with Crippen LogP contribution in [0.15, 0.2) is 24.3 Å². The fourth-order valence-electron chi connectivity index (χ4n) is 1.58. The minimum atomic E-state index is -0.538. The Balaban J connectivity index is 2.48. The monoisotopic (exact) mass is 279 g/mol. The molecule has 0 unspecified atom stereocenters. The summed E-state index contributed by atoms with van der Waals surface area (Å²) >= 11 is 0. The van der Waals surface area contributed by atoms with Gasteiger partial charge < -0.3 is 21.5 Å². The van der Waals surface area contributed by atoms with Gasteiger partial charge in [-0.3, -0.25) is 9.59 Å². The Morgan fingerprint density at radius 1 is 1.30 bits per heavy atom. The third kappa shape index (κ3) is 5.71. The normalized spacial score (nSPS) is 11.7. The summed E-state index contributed by atoms with van der Waals surface area (Å²) in [4.78, 5) is 22.4. The Morgan fingerprint density at radius 3 is 2.50 bits per heavy atom. The minimum absolute atomic E-state index is 0.173. The van der Waals surface area contributed by atoms with Gasteiger partial charge in [-0.1, -0.05) is 19.8 Å². The zero-order valence-electron chi connectivity index (χ0n) is 11.6. The molecule has 0 aliphatic heterocycles. The standard InChI is InChI=1S/C14H21N3O3/c1-2-3-4-12(15)14(19)17-10-5-7-11(8-6-10)20-9-13(16)18/h5-8,12H,2-4,9,15H2,1H3,(H2,16,18)(H,17,19)/t12-/m0/s1. The molecule has 6 heteroatoms. The van der Waals surface area contributed by atoms with Gasteiger partial charge in [-0.25, -0.2) is 0 Å². The molecule has 0 saturated heterocycles. The second-order valence-electron chi connectivity index (χ2n) is 4.52. The lowest BCUT2D eigenvalue weighted by Crippen LogP contribution is -2.35. The van der Waals surface area contributed by atoms with Crippen LogP contribution in [0.3, 0.4) is 0 Å². The van der Waals surface area contributed by atoms with E-state index < -0.39 is 11.9 Å². The van der Waals surface area contributed by atoms with Gasteiger partial charge >= 0.3 is 0 Å². The number of primary amides is 1. The molecular weight excluding hydrogens is 258 g/mol. The van der Waals surface area contributed by atoms with Gasteiger partial charge in [0.1, 0.15) is 5.75 Å². The topological polar surface area (TPSA) is 107 Å². The maximum absolute atomic E-state index is 11.8. The largest absolute Gasteiger partial charge is 0.484 e. The molecule has 0 saturated carbocycles. The number of benzene rings is 1. The summed E-state index contributed by atoms with van der Waals surface area (Å²) in [6.45, 7) is 1.88. The summed E-state index contributed by atoms with van der Waals surface area (Å²) in [5.74, 6) is -0.231. The SMILES string of the molecule is CCCC[C@H](N)C(=O)Nc1ccc(OCC(N)=O)cc1. The van der Waals surface area contributed by atoms with Gasteiger partial charge in [0.2, 0.25) is 5.91 Å². The fraction of sp³-hybridized carbons (Fsp3) is 0.429. The first-order valence-electron chi connectivity index (χ1n) is 6.60. The average molecular weight is 279 g/mol. The van der Waals surface area contributed by atoms with Crippen molar-refractivity contribution in [1.82, 2.24) is 0 Å². The first-order valence-corrected chi connectivity index (χ1v) is 6.60. The highest BCUT2D eigenvalue weighted by atomic mass is 16.5. The molecule has 20 heavy (non-hydrogen) atoms. The lowest BCUT2D eigenvalue weighted by atomic mass is 10.1. The highest BCUT2D eigenvalue weighted by Crippen LogP contribution is 2.16. The van der Waals surface area contributed by atoms with E-state index in [2.05, 4.69) is 12.2 Å². The van der Waals surface area contributed by atoms with Crippen molar-refractivity contribution in [2.75, 3.05) is 11.9 Å². The number of rotatable bonds is 8. The Labute approximate surface area is 118 Å². The summed E-state index contributed by atoms with van der Waals surface area (Å²) in [6, 6.07) is 6.16. The predicted octanol–water partition coefficient (Wildman–Crippen LogP) is 1.01. The van der Waals surface area contributed by atoms with E-state index in [4.69, 9.17) is 16.2 Å². The molecule has 1 aromatic rings. The van der Waals surface area contributed by atoms with E-state index >= 15 is 0 Å². The number of ether oxygens (including phenoxy) is 1. The van der Waals surface area contributed by atoms with E-state index in [0.29, 0.717) is 17.9 Å². The second kappa shape index (κ2) is 8.16. The van der Waals surface area contributed by atoms with E-state index in [1.807, 2.05) is 0 Å². The van der Waals surface area contributed by atoms with E-state index in [1.165, 1.54) is 0 Å². The van der Waals surface area contributed by atoms with Crippen LogP contribution >= 0.6 is 0 Å². The average Bonchev–Trinajstić information content (AvgIpc) is 2.43. The zero-order chi connectivity index (χ0) is 15.0. The minimum Gasteiger partial charge on any atom is -0.484 e. The molecule has 0 fully saturated rings.